The molecule has 0 unspecified atom stereocenters. The number of rotatable bonds is 18. The summed E-state index contributed by atoms with van der Waals surface area (Å²) in [5.41, 5.74) is 0.949. The Morgan fingerprint density at radius 1 is 0.548 bits per heavy atom. The minimum atomic E-state index is -0.950. The summed E-state index contributed by atoms with van der Waals surface area (Å²) in [5.74, 6) is 1.45. The average molecular weight is 1050 g/mol. The van der Waals surface area contributed by atoms with E-state index < -0.39 is 59.7 Å². The van der Waals surface area contributed by atoms with Crippen molar-refractivity contribution in [1.82, 2.24) is 40.6 Å². The number of hydrogen-bond donors (Lipinski definition) is 2. The van der Waals surface area contributed by atoms with Gasteiger partial charge in [0.15, 0.2) is 0 Å². The molecular formula is C50H58FeN8O14+2. The normalized spacial score (nSPS) is 14.5. The van der Waals surface area contributed by atoms with Crippen molar-refractivity contribution in [3.05, 3.63) is 147 Å². The molecule has 2 N–H and O–H groups in total. The van der Waals surface area contributed by atoms with Crippen molar-refractivity contribution in [3.63, 3.8) is 0 Å². The van der Waals surface area contributed by atoms with Gasteiger partial charge in [0.25, 0.3) is 0 Å². The Bertz CT molecular complexity index is 2220. The van der Waals surface area contributed by atoms with Crippen molar-refractivity contribution in [2.45, 2.75) is 104 Å². The van der Waals surface area contributed by atoms with Crippen molar-refractivity contribution in [3.8, 4) is 11.5 Å². The van der Waals surface area contributed by atoms with E-state index in [0.717, 1.165) is 11.8 Å². The first-order valence-electron chi connectivity index (χ1n) is 22.4. The standard InChI is InChI=1S/2C25H29N4O7.Fe/c2*1-25(2,3)36-23(31)26-21(22(30)33-4)13-17-9-11-20(12-10-17)35-24(32)34-16-19-15-29(28-27-19)14-18-7-5-6-8-18;/h2*5-12,15,21H,13-14,16H2,1-4H3,(H,26,31);/q;;+2/t2*21-;/m00./s1. The Morgan fingerprint density at radius 2 is 0.890 bits per heavy atom. The topological polar surface area (TPSA) is 262 Å². The number of aromatic nitrogens is 6. The Balaban J connectivity index is 0.000000312. The van der Waals surface area contributed by atoms with Gasteiger partial charge < -0.3 is 48.5 Å². The molecule has 0 aliphatic heterocycles. The molecule has 2 amide bonds. The van der Waals surface area contributed by atoms with Crippen LogP contribution in [0.5, 0.6) is 11.5 Å². The molecule has 10 radical (unpaired) electrons. The van der Waals surface area contributed by atoms with Crippen LogP contribution in [0.1, 0.15) is 64.1 Å². The van der Waals surface area contributed by atoms with Gasteiger partial charge in [-0.05, 0) is 128 Å². The summed E-state index contributed by atoms with van der Waals surface area (Å²) in [6, 6.07) is 10.9. The molecule has 22 nitrogen and oxygen atoms in total. The van der Waals surface area contributed by atoms with Crippen LogP contribution in [0.15, 0.2) is 60.9 Å². The number of methoxy groups -OCH3 is 2. The van der Waals surface area contributed by atoms with Gasteiger partial charge in [-0.1, -0.05) is 34.7 Å². The van der Waals surface area contributed by atoms with Crippen LogP contribution >= 0.6 is 0 Å². The Hall–Kier alpha value is -6.74. The second kappa shape index (κ2) is 28.5. The van der Waals surface area contributed by atoms with Crippen LogP contribution in [-0.2, 0) is 94.2 Å². The SMILES string of the molecule is COC(=O)[C@H](Cc1ccc(OC(=O)OCc2cn(C[C]3[CH][CH][CH][CH]3)nn2)cc1)NC(=O)OC(C)(C)C.COC(=O)[C@H](Cc1ccc(OC(=O)OCc2cn(C[C]3[CH][CH][CH][CH]3)nn2)cc1)NC(=O)OC(C)(C)C.[Fe+2]. The molecule has 388 valence electrons. The monoisotopic (exact) mass is 1050 g/mol. The van der Waals surface area contributed by atoms with Crippen LogP contribution in [0.25, 0.3) is 0 Å². The number of benzene rings is 2. The van der Waals surface area contributed by atoms with E-state index in [1.807, 2.05) is 51.4 Å². The van der Waals surface area contributed by atoms with E-state index >= 15 is 0 Å². The fraction of sp³-hybridized carbons (Fsp3) is 0.360. The number of amides is 2. The van der Waals surface area contributed by atoms with E-state index in [1.165, 1.54) is 14.2 Å². The van der Waals surface area contributed by atoms with Gasteiger partial charge in [-0.2, -0.15) is 0 Å². The second-order valence-electron chi connectivity index (χ2n) is 17.8. The third-order valence-corrected chi connectivity index (χ3v) is 9.48. The average Bonchev–Trinajstić information content (AvgIpc) is 4.18. The Morgan fingerprint density at radius 3 is 1.21 bits per heavy atom. The van der Waals surface area contributed by atoms with Crippen LogP contribution in [0.4, 0.5) is 19.2 Å². The summed E-state index contributed by atoms with van der Waals surface area (Å²) >= 11 is 0. The van der Waals surface area contributed by atoms with Crippen LogP contribution in [0.3, 0.4) is 0 Å². The van der Waals surface area contributed by atoms with E-state index in [9.17, 15) is 28.8 Å². The third-order valence-electron chi connectivity index (χ3n) is 9.48. The number of nitrogens with zero attached hydrogens (tertiary/aromatic N) is 6. The molecule has 73 heavy (non-hydrogen) atoms. The number of nitrogens with one attached hydrogen (secondary N) is 2. The maximum Gasteiger partial charge on any atom is 2.00 e. The van der Waals surface area contributed by atoms with Gasteiger partial charge in [0.1, 0.15) is 59.4 Å². The minimum absolute atomic E-state index is 0. The smallest absolute Gasteiger partial charge is 0.467 e. The predicted molar refractivity (Wildman–Crippen MR) is 253 cm³/mol. The number of carbonyl (C=O) groups is 6. The largest absolute Gasteiger partial charge is 2.00 e. The quantitative estimate of drug-likeness (QED) is 0.0500. The van der Waals surface area contributed by atoms with Gasteiger partial charge in [-0.25, -0.2) is 28.8 Å². The molecule has 2 aromatic heterocycles. The molecule has 2 atom stereocenters. The molecule has 0 bridgehead atoms. The van der Waals surface area contributed by atoms with Gasteiger partial charge in [-0.15, -0.1) is 10.2 Å². The fourth-order valence-electron chi connectivity index (χ4n) is 6.32. The molecular weight excluding hydrogens is 992 g/mol. The molecule has 2 aromatic carbocycles. The van der Waals surface area contributed by atoms with Crippen molar-refractivity contribution in [2.24, 2.45) is 0 Å². The number of hydrogen-bond acceptors (Lipinski definition) is 18. The number of esters is 2. The summed E-state index contributed by atoms with van der Waals surface area (Å²) in [6.07, 6.45) is 16.1. The molecule has 0 spiro atoms. The third kappa shape index (κ3) is 21.9. The summed E-state index contributed by atoms with van der Waals surface area (Å²) in [7, 11) is 2.47. The summed E-state index contributed by atoms with van der Waals surface area (Å²) in [4.78, 5) is 72.5. The first-order valence-corrected chi connectivity index (χ1v) is 22.4. The van der Waals surface area contributed by atoms with E-state index in [0.29, 0.717) is 35.6 Å². The van der Waals surface area contributed by atoms with E-state index in [4.69, 9.17) is 37.9 Å². The first-order chi connectivity index (χ1) is 34.2. The maximum absolute atomic E-state index is 12.1. The summed E-state index contributed by atoms with van der Waals surface area (Å²) < 4.78 is 43.8. The Kier molecular flexibility index (Phi) is 23.0. The molecule has 2 saturated carbocycles. The van der Waals surface area contributed by atoms with Crippen molar-refractivity contribution >= 4 is 36.4 Å². The number of alkyl carbamates (subject to hydrolysis) is 2. The van der Waals surface area contributed by atoms with Gasteiger partial charge in [0.05, 0.1) is 26.6 Å². The molecule has 6 rings (SSSR count). The van der Waals surface area contributed by atoms with Crippen LogP contribution < -0.4 is 20.1 Å². The van der Waals surface area contributed by atoms with Crippen LogP contribution in [0, 0.1) is 63.2 Å². The van der Waals surface area contributed by atoms with Crippen molar-refractivity contribution in [2.75, 3.05) is 14.2 Å². The van der Waals surface area contributed by atoms with E-state index in [-0.39, 0.29) is 54.6 Å². The van der Waals surface area contributed by atoms with Gasteiger partial charge in [-0.3, -0.25) is 9.36 Å². The van der Waals surface area contributed by atoms with E-state index in [2.05, 4.69) is 31.3 Å². The van der Waals surface area contributed by atoms with Crippen molar-refractivity contribution in [1.29, 1.82) is 0 Å². The van der Waals surface area contributed by atoms with Gasteiger partial charge >= 0.3 is 53.5 Å². The number of carbonyl (C=O) groups excluding carboxylic acids is 6. The second-order valence-corrected chi connectivity index (χ2v) is 17.8. The maximum atomic E-state index is 12.1. The first kappa shape index (κ1) is 58.8. The number of ether oxygens (including phenoxy) is 8. The molecule has 2 aliphatic rings. The zero-order chi connectivity index (χ0) is 52.3. The summed E-state index contributed by atoms with van der Waals surface area (Å²) in [6.45, 7) is 11.3. The van der Waals surface area contributed by atoms with Gasteiger partial charge in [0, 0.05) is 37.8 Å². The molecule has 2 aliphatic carbocycles. The van der Waals surface area contributed by atoms with Gasteiger partial charge in [0.2, 0.25) is 0 Å². The molecule has 0 saturated heterocycles. The van der Waals surface area contributed by atoms with Crippen LogP contribution in [0.2, 0.25) is 0 Å². The molecule has 23 heteroatoms. The zero-order valence-electron chi connectivity index (χ0n) is 41.5. The predicted octanol–water partition coefficient (Wildman–Crippen LogP) is 6.01. The molecule has 2 heterocycles. The van der Waals surface area contributed by atoms with Crippen molar-refractivity contribution < 1.29 is 83.7 Å². The molecule has 4 aromatic rings. The molecule has 2 fully saturated rings. The summed E-state index contributed by atoms with van der Waals surface area (Å²) in [5, 5.41) is 21.0. The zero-order valence-corrected chi connectivity index (χ0v) is 42.6. The van der Waals surface area contributed by atoms with Crippen LogP contribution in [-0.4, -0.2) is 104 Å². The fourth-order valence-corrected chi connectivity index (χ4v) is 6.32. The minimum Gasteiger partial charge on any atom is -0.467 e. The van der Waals surface area contributed by atoms with E-state index in [1.54, 1.807) is 112 Å². The Labute approximate surface area is 435 Å².